The van der Waals surface area contributed by atoms with Gasteiger partial charge >= 0.3 is 0 Å². The van der Waals surface area contributed by atoms with E-state index < -0.39 is 5.82 Å². The topological polar surface area (TPSA) is 12.0 Å². The summed E-state index contributed by atoms with van der Waals surface area (Å²) in [6, 6.07) is 2.42. The molecule has 4 heteroatoms. The molecule has 1 rings (SSSR count). The molecule has 0 fully saturated rings. The van der Waals surface area contributed by atoms with Crippen LogP contribution in [0.2, 0.25) is 10.0 Å². The van der Waals surface area contributed by atoms with Crippen LogP contribution in [0.4, 0.5) is 10.1 Å². The number of anilines is 1. The lowest BCUT2D eigenvalue weighted by Crippen LogP contribution is -1.91. The Kier molecular flexibility index (Phi) is 2.58. The Morgan fingerprint density at radius 3 is 2.09 bits per heavy atom. The third-order valence-corrected chi connectivity index (χ3v) is 1.85. The van der Waals surface area contributed by atoms with Gasteiger partial charge in [0.2, 0.25) is 0 Å². The van der Waals surface area contributed by atoms with E-state index in [1.165, 1.54) is 12.1 Å². The van der Waals surface area contributed by atoms with Gasteiger partial charge in [-0.15, -0.1) is 0 Å². The highest BCUT2D eigenvalue weighted by Gasteiger charge is 2.05. The first-order valence-corrected chi connectivity index (χ1v) is 3.73. The van der Waals surface area contributed by atoms with Gasteiger partial charge in [0.05, 0.1) is 15.7 Å². The summed E-state index contributed by atoms with van der Waals surface area (Å²) in [6.07, 6.45) is 0. The third-order valence-electron chi connectivity index (χ3n) is 1.26. The predicted molar refractivity (Wildman–Crippen MR) is 46.0 cm³/mol. The molecule has 11 heavy (non-hydrogen) atoms. The van der Waals surface area contributed by atoms with Gasteiger partial charge < -0.3 is 5.32 Å². The van der Waals surface area contributed by atoms with Gasteiger partial charge in [0.1, 0.15) is 5.82 Å². The summed E-state index contributed by atoms with van der Waals surface area (Å²) in [5, 5.41) is 3.34. The highest BCUT2D eigenvalue weighted by Crippen LogP contribution is 2.30. The van der Waals surface area contributed by atoms with Crippen LogP contribution >= 0.6 is 23.2 Å². The Balaban J connectivity index is 3.25. The van der Waals surface area contributed by atoms with Crippen LogP contribution in [0.1, 0.15) is 0 Å². The molecule has 1 aromatic rings. The maximum absolute atomic E-state index is 12.5. The molecule has 0 heterocycles. The average Bonchev–Trinajstić information content (AvgIpc) is 1.85. The van der Waals surface area contributed by atoms with Crippen molar-refractivity contribution in [1.82, 2.24) is 0 Å². The highest BCUT2D eigenvalue weighted by atomic mass is 35.5. The second-order valence-corrected chi connectivity index (χ2v) is 2.81. The maximum Gasteiger partial charge on any atom is 0.126 e. The molecule has 0 unspecified atom stereocenters. The van der Waals surface area contributed by atoms with Gasteiger partial charge in [0.25, 0.3) is 0 Å². The normalized spacial score (nSPS) is 9.82. The average molecular weight is 194 g/mol. The number of hydrogen-bond acceptors (Lipinski definition) is 1. The Morgan fingerprint density at radius 2 is 1.73 bits per heavy atom. The quantitative estimate of drug-likeness (QED) is 0.723. The van der Waals surface area contributed by atoms with Gasteiger partial charge in [-0.2, -0.15) is 0 Å². The zero-order chi connectivity index (χ0) is 8.43. The van der Waals surface area contributed by atoms with Crippen LogP contribution < -0.4 is 5.32 Å². The first-order chi connectivity index (χ1) is 5.15. The SMILES string of the molecule is CNc1c(Cl)cc(F)cc1Cl. The number of benzene rings is 1. The fraction of sp³-hybridized carbons (Fsp3) is 0.143. The van der Waals surface area contributed by atoms with Crippen LogP contribution in [-0.2, 0) is 0 Å². The van der Waals surface area contributed by atoms with Crippen molar-refractivity contribution < 1.29 is 4.39 Å². The first kappa shape index (κ1) is 8.62. The molecule has 0 bridgehead atoms. The zero-order valence-electron chi connectivity index (χ0n) is 5.79. The van der Waals surface area contributed by atoms with Crippen molar-refractivity contribution in [1.29, 1.82) is 0 Å². The lowest BCUT2D eigenvalue weighted by atomic mass is 10.3. The molecule has 0 amide bonds. The Morgan fingerprint density at radius 1 is 1.27 bits per heavy atom. The van der Waals surface area contributed by atoms with Crippen molar-refractivity contribution in [3.8, 4) is 0 Å². The lowest BCUT2D eigenvalue weighted by Gasteiger charge is -2.04. The molecule has 0 aliphatic rings. The van der Waals surface area contributed by atoms with Crippen LogP contribution in [0.25, 0.3) is 0 Å². The van der Waals surface area contributed by atoms with E-state index in [9.17, 15) is 4.39 Å². The molecule has 1 N–H and O–H groups in total. The molecule has 0 atom stereocenters. The minimum absolute atomic E-state index is 0.289. The molecule has 0 aliphatic carbocycles. The summed E-state index contributed by atoms with van der Waals surface area (Å²) in [6.45, 7) is 0. The lowest BCUT2D eigenvalue weighted by molar-refractivity contribution is 0.628. The molecular weight excluding hydrogens is 188 g/mol. The summed E-state index contributed by atoms with van der Waals surface area (Å²) in [7, 11) is 1.67. The highest BCUT2D eigenvalue weighted by molar-refractivity contribution is 6.39. The number of nitrogens with one attached hydrogen (secondary N) is 1. The molecule has 0 saturated heterocycles. The van der Waals surface area contributed by atoms with Crippen LogP contribution in [0.15, 0.2) is 12.1 Å². The number of halogens is 3. The molecule has 0 aromatic heterocycles. The first-order valence-electron chi connectivity index (χ1n) is 2.97. The molecule has 1 nitrogen and oxygen atoms in total. The van der Waals surface area contributed by atoms with E-state index in [4.69, 9.17) is 23.2 Å². The Bertz CT molecular complexity index is 252. The second-order valence-electron chi connectivity index (χ2n) is 1.99. The summed E-state index contributed by atoms with van der Waals surface area (Å²) >= 11 is 11.3. The maximum atomic E-state index is 12.5. The molecule has 0 radical (unpaired) electrons. The van der Waals surface area contributed by atoms with Crippen LogP contribution in [0.3, 0.4) is 0 Å². The molecule has 0 aliphatic heterocycles. The van der Waals surface area contributed by atoms with E-state index >= 15 is 0 Å². The second kappa shape index (κ2) is 3.28. The van der Waals surface area contributed by atoms with Gasteiger partial charge in [-0.3, -0.25) is 0 Å². The van der Waals surface area contributed by atoms with Crippen LogP contribution in [0.5, 0.6) is 0 Å². The fourth-order valence-electron chi connectivity index (χ4n) is 0.781. The van der Waals surface area contributed by atoms with Crippen molar-refractivity contribution >= 4 is 28.9 Å². The largest absolute Gasteiger partial charge is 0.386 e. The standard InChI is InChI=1S/C7H6Cl2FN/c1-11-7-5(8)2-4(10)3-6(7)9/h2-3,11H,1H3. The third kappa shape index (κ3) is 1.76. The number of hydrogen-bond donors (Lipinski definition) is 1. The van der Waals surface area contributed by atoms with Gasteiger partial charge in [-0.1, -0.05) is 23.2 Å². The van der Waals surface area contributed by atoms with Crippen molar-refractivity contribution in [2.24, 2.45) is 0 Å². The Hall–Kier alpha value is -0.470. The summed E-state index contributed by atoms with van der Waals surface area (Å²) < 4.78 is 12.5. The van der Waals surface area contributed by atoms with E-state index in [1.54, 1.807) is 7.05 Å². The van der Waals surface area contributed by atoms with Crippen LogP contribution in [-0.4, -0.2) is 7.05 Å². The van der Waals surface area contributed by atoms with Crippen molar-refractivity contribution in [3.05, 3.63) is 28.0 Å². The monoisotopic (exact) mass is 193 g/mol. The van der Waals surface area contributed by atoms with E-state index in [-0.39, 0.29) is 10.0 Å². The van der Waals surface area contributed by atoms with Gasteiger partial charge in [0.15, 0.2) is 0 Å². The van der Waals surface area contributed by atoms with Crippen LogP contribution in [0, 0.1) is 5.82 Å². The molecule has 0 saturated carbocycles. The minimum atomic E-state index is -0.431. The fourth-order valence-corrected chi connectivity index (χ4v) is 1.43. The number of rotatable bonds is 1. The smallest absolute Gasteiger partial charge is 0.126 e. The molecule has 60 valence electrons. The van der Waals surface area contributed by atoms with E-state index in [0.29, 0.717) is 5.69 Å². The molecule has 0 spiro atoms. The van der Waals surface area contributed by atoms with Crippen molar-refractivity contribution in [2.75, 3.05) is 12.4 Å². The van der Waals surface area contributed by atoms with E-state index in [1.807, 2.05) is 0 Å². The minimum Gasteiger partial charge on any atom is -0.386 e. The van der Waals surface area contributed by atoms with Gasteiger partial charge in [0, 0.05) is 7.05 Å². The predicted octanol–water partition coefficient (Wildman–Crippen LogP) is 3.17. The van der Waals surface area contributed by atoms with E-state index in [0.717, 1.165) is 0 Å². The summed E-state index contributed by atoms with van der Waals surface area (Å²) in [4.78, 5) is 0. The molecular formula is C7H6Cl2FN. The van der Waals surface area contributed by atoms with Crippen molar-refractivity contribution in [3.63, 3.8) is 0 Å². The Labute approximate surface area is 74.1 Å². The van der Waals surface area contributed by atoms with Gasteiger partial charge in [-0.05, 0) is 12.1 Å². The molecule has 1 aromatic carbocycles. The summed E-state index contributed by atoms with van der Waals surface area (Å²) in [5.41, 5.74) is 0.551. The van der Waals surface area contributed by atoms with E-state index in [2.05, 4.69) is 5.32 Å². The van der Waals surface area contributed by atoms with Gasteiger partial charge in [-0.25, -0.2) is 4.39 Å². The summed E-state index contributed by atoms with van der Waals surface area (Å²) in [5.74, 6) is -0.431. The van der Waals surface area contributed by atoms with Crippen molar-refractivity contribution in [2.45, 2.75) is 0 Å². The zero-order valence-corrected chi connectivity index (χ0v) is 7.30.